The van der Waals surface area contributed by atoms with Crippen molar-refractivity contribution in [3.05, 3.63) is 89.4 Å². The van der Waals surface area contributed by atoms with E-state index in [-0.39, 0.29) is 24.0 Å². The van der Waals surface area contributed by atoms with Crippen molar-refractivity contribution in [2.45, 2.75) is 32.4 Å². The van der Waals surface area contributed by atoms with Gasteiger partial charge in [0.15, 0.2) is 0 Å². The molecular weight excluding hydrogens is 394 g/mol. The number of para-hydroxylation sites is 2. The average Bonchev–Trinajstić information content (AvgIpc) is 2.76. The molecule has 0 saturated carbocycles. The number of hydrogen-bond donors (Lipinski definition) is 2. The second-order valence-corrected chi connectivity index (χ2v) is 8.13. The van der Waals surface area contributed by atoms with Crippen LogP contribution in [0.25, 0.3) is 0 Å². The zero-order valence-electron chi connectivity index (χ0n) is 17.2. The highest BCUT2D eigenvalue weighted by Crippen LogP contribution is 2.43. The molecule has 4 nitrogen and oxygen atoms in total. The van der Waals surface area contributed by atoms with E-state index in [1.54, 1.807) is 12.1 Å². The highest BCUT2D eigenvalue weighted by atomic mass is 35.5. The molecule has 0 aliphatic carbocycles. The monoisotopic (exact) mass is 419 g/mol. The van der Waals surface area contributed by atoms with Crippen molar-refractivity contribution in [3.8, 4) is 0 Å². The molecule has 2 N–H and O–H groups in total. The molecule has 1 heterocycles. The summed E-state index contributed by atoms with van der Waals surface area (Å²) in [6, 6.07) is 25.7. The highest BCUT2D eigenvalue weighted by molar-refractivity contribution is 6.30. The van der Waals surface area contributed by atoms with E-state index in [4.69, 9.17) is 11.6 Å². The van der Waals surface area contributed by atoms with Gasteiger partial charge in [0.1, 0.15) is 0 Å². The minimum Gasteiger partial charge on any atom is -0.378 e. The molecule has 3 aromatic rings. The zero-order valence-corrected chi connectivity index (χ0v) is 17.9. The average molecular weight is 420 g/mol. The Morgan fingerprint density at radius 1 is 0.967 bits per heavy atom. The first-order valence-electron chi connectivity index (χ1n) is 10.3. The molecule has 0 bridgehead atoms. The summed E-state index contributed by atoms with van der Waals surface area (Å²) in [5.41, 5.74) is 3.84. The number of urea groups is 1. The van der Waals surface area contributed by atoms with Crippen LogP contribution in [0.15, 0.2) is 78.9 Å². The third kappa shape index (κ3) is 4.01. The first-order chi connectivity index (χ1) is 14.6. The number of fused-ring (bicyclic) bond motifs is 1. The van der Waals surface area contributed by atoms with Crippen molar-refractivity contribution in [1.29, 1.82) is 0 Å². The fourth-order valence-corrected chi connectivity index (χ4v) is 4.57. The summed E-state index contributed by atoms with van der Waals surface area (Å²) in [6.07, 6.45) is 0.853. The third-order valence-electron chi connectivity index (χ3n) is 5.80. The topological polar surface area (TPSA) is 44.4 Å². The number of hydrogen-bond acceptors (Lipinski definition) is 2. The van der Waals surface area contributed by atoms with E-state index in [0.29, 0.717) is 10.7 Å². The summed E-state index contributed by atoms with van der Waals surface area (Å²) in [7, 11) is 0. The number of benzene rings is 3. The predicted octanol–water partition coefficient (Wildman–Crippen LogP) is 6.96. The van der Waals surface area contributed by atoms with Crippen LogP contribution in [0.2, 0.25) is 5.02 Å². The molecular formula is C25H26ClN3O. The molecule has 1 aliphatic heterocycles. The minimum atomic E-state index is -0.137. The molecule has 0 spiro atoms. The van der Waals surface area contributed by atoms with Crippen LogP contribution in [0, 0.1) is 5.92 Å². The number of carbonyl (C=O) groups excluding carboxylic acids is 1. The molecule has 2 amide bonds. The first-order valence-corrected chi connectivity index (χ1v) is 10.7. The van der Waals surface area contributed by atoms with Gasteiger partial charge in [0.25, 0.3) is 0 Å². The summed E-state index contributed by atoms with van der Waals surface area (Å²) in [5.74, 6) is 0.218. The Kier molecular flexibility index (Phi) is 5.96. The highest BCUT2D eigenvalue weighted by Gasteiger charge is 2.40. The molecule has 3 atom stereocenters. The Morgan fingerprint density at radius 3 is 2.40 bits per heavy atom. The second kappa shape index (κ2) is 8.80. The smallest absolute Gasteiger partial charge is 0.326 e. The van der Waals surface area contributed by atoms with E-state index in [1.807, 2.05) is 53.4 Å². The molecule has 4 rings (SSSR count). The maximum absolute atomic E-state index is 13.4. The molecule has 0 aromatic heterocycles. The maximum atomic E-state index is 13.4. The normalized spacial score (nSPS) is 20.4. The van der Waals surface area contributed by atoms with Crippen LogP contribution in [0.1, 0.15) is 31.9 Å². The molecule has 30 heavy (non-hydrogen) atoms. The lowest BCUT2D eigenvalue weighted by Crippen LogP contribution is -2.51. The van der Waals surface area contributed by atoms with Gasteiger partial charge in [0.05, 0.1) is 11.7 Å². The van der Waals surface area contributed by atoms with E-state index in [9.17, 15) is 4.79 Å². The van der Waals surface area contributed by atoms with Crippen LogP contribution >= 0.6 is 11.6 Å². The number of carbonyl (C=O) groups is 1. The van der Waals surface area contributed by atoms with Gasteiger partial charge < -0.3 is 10.6 Å². The first kappa shape index (κ1) is 20.3. The van der Waals surface area contributed by atoms with Gasteiger partial charge in [-0.3, -0.25) is 4.90 Å². The molecule has 0 unspecified atom stereocenters. The van der Waals surface area contributed by atoms with E-state index >= 15 is 0 Å². The third-order valence-corrected chi connectivity index (χ3v) is 6.04. The lowest BCUT2D eigenvalue weighted by atomic mass is 9.81. The summed E-state index contributed by atoms with van der Waals surface area (Å²) >= 11 is 6.10. The molecule has 0 saturated heterocycles. The van der Waals surface area contributed by atoms with Gasteiger partial charge in [-0.2, -0.15) is 0 Å². The lowest BCUT2D eigenvalue weighted by molar-refractivity contribution is 0.247. The van der Waals surface area contributed by atoms with Gasteiger partial charge in [0.2, 0.25) is 0 Å². The van der Waals surface area contributed by atoms with Crippen molar-refractivity contribution >= 4 is 34.7 Å². The number of halogens is 1. The van der Waals surface area contributed by atoms with Crippen LogP contribution in [0.3, 0.4) is 0 Å². The SMILES string of the molecule is CC[C@@H]1[C@@H](C)[C@H](Nc2ccccc2)c2ccccc2N1C(=O)Nc1cccc(Cl)c1. The quantitative estimate of drug-likeness (QED) is 0.480. The van der Waals surface area contributed by atoms with Crippen molar-refractivity contribution < 1.29 is 4.79 Å². The van der Waals surface area contributed by atoms with Crippen molar-refractivity contribution in [3.63, 3.8) is 0 Å². The Balaban J connectivity index is 1.69. The lowest BCUT2D eigenvalue weighted by Gasteiger charge is -2.45. The maximum Gasteiger partial charge on any atom is 0.326 e. The Bertz CT molecular complexity index is 1020. The van der Waals surface area contributed by atoms with E-state index in [1.165, 1.54) is 0 Å². The van der Waals surface area contributed by atoms with Crippen molar-refractivity contribution in [1.82, 2.24) is 0 Å². The Morgan fingerprint density at radius 2 is 1.67 bits per heavy atom. The standard InChI is InChI=1S/C25H26ClN3O/c1-3-22-17(2)24(27-19-11-5-4-6-12-19)21-14-7-8-15-23(21)29(22)25(30)28-20-13-9-10-18(26)16-20/h4-17,22,24,27H,3H2,1-2H3,(H,28,30)/t17-,22-,24+/m1/s1. The summed E-state index contributed by atoms with van der Waals surface area (Å²) in [5, 5.41) is 7.31. The van der Waals surface area contributed by atoms with Gasteiger partial charge in [0, 0.05) is 28.4 Å². The van der Waals surface area contributed by atoms with E-state index in [2.05, 4.69) is 42.7 Å². The van der Waals surface area contributed by atoms with Gasteiger partial charge in [-0.15, -0.1) is 0 Å². The van der Waals surface area contributed by atoms with Gasteiger partial charge in [-0.1, -0.05) is 67.9 Å². The van der Waals surface area contributed by atoms with Crippen LogP contribution in [0.4, 0.5) is 21.9 Å². The molecule has 3 aromatic carbocycles. The fraction of sp³-hybridized carbons (Fsp3) is 0.240. The molecule has 0 fully saturated rings. The van der Waals surface area contributed by atoms with Crippen LogP contribution in [-0.4, -0.2) is 12.1 Å². The van der Waals surface area contributed by atoms with Crippen LogP contribution in [0.5, 0.6) is 0 Å². The number of rotatable bonds is 4. The van der Waals surface area contributed by atoms with Gasteiger partial charge in [-0.05, 0) is 48.4 Å². The predicted molar refractivity (Wildman–Crippen MR) is 125 cm³/mol. The summed E-state index contributed by atoms with van der Waals surface area (Å²) in [4.78, 5) is 15.3. The number of nitrogens with one attached hydrogen (secondary N) is 2. The Hall–Kier alpha value is -2.98. The van der Waals surface area contributed by atoms with E-state index in [0.717, 1.165) is 23.4 Å². The number of amides is 2. The van der Waals surface area contributed by atoms with E-state index < -0.39 is 0 Å². The van der Waals surface area contributed by atoms with Crippen LogP contribution in [-0.2, 0) is 0 Å². The largest absolute Gasteiger partial charge is 0.378 e. The molecule has 5 heteroatoms. The Labute approximate surface area is 182 Å². The second-order valence-electron chi connectivity index (χ2n) is 7.69. The zero-order chi connectivity index (χ0) is 21.1. The number of anilines is 3. The molecule has 1 aliphatic rings. The fourth-order valence-electron chi connectivity index (χ4n) is 4.38. The van der Waals surface area contributed by atoms with Gasteiger partial charge >= 0.3 is 6.03 Å². The van der Waals surface area contributed by atoms with Crippen LogP contribution < -0.4 is 15.5 Å². The van der Waals surface area contributed by atoms with Crippen molar-refractivity contribution in [2.24, 2.45) is 5.92 Å². The summed E-state index contributed by atoms with van der Waals surface area (Å²) in [6.45, 7) is 4.35. The van der Waals surface area contributed by atoms with Crippen molar-refractivity contribution in [2.75, 3.05) is 15.5 Å². The molecule has 154 valence electrons. The number of nitrogens with zero attached hydrogens (tertiary/aromatic N) is 1. The summed E-state index contributed by atoms with van der Waals surface area (Å²) < 4.78 is 0. The van der Waals surface area contributed by atoms with Gasteiger partial charge in [-0.25, -0.2) is 4.79 Å². The minimum absolute atomic E-state index is 0.0558. The molecule has 0 radical (unpaired) electrons.